The van der Waals surface area contributed by atoms with E-state index in [2.05, 4.69) is 0 Å². The zero-order chi connectivity index (χ0) is 24.6. The van der Waals surface area contributed by atoms with E-state index in [4.69, 9.17) is 23.7 Å². The second-order valence-electron chi connectivity index (χ2n) is 8.32. The van der Waals surface area contributed by atoms with Gasteiger partial charge in [0, 0.05) is 0 Å². The molecular formula is C18H32O15. The maximum absolute atomic E-state index is 10.6. The molecule has 3 aliphatic rings. The average Bonchev–Trinajstić information content (AvgIpc) is 2.80. The molecule has 0 spiro atoms. The van der Waals surface area contributed by atoms with Crippen LogP contribution in [0.5, 0.6) is 0 Å². The zero-order valence-electron chi connectivity index (χ0n) is 17.6. The predicted molar refractivity (Wildman–Crippen MR) is 99.8 cm³/mol. The Morgan fingerprint density at radius 3 is 1.73 bits per heavy atom. The molecule has 3 saturated heterocycles. The first-order valence-electron chi connectivity index (χ1n) is 10.4. The van der Waals surface area contributed by atoms with Crippen LogP contribution in [0.3, 0.4) is 0 Å². The molecular weight excluding hydrogens is 456 g/mol. The molecule has 0 aromatic carbocycles. The number of hydrogen-bond acceptors (Lipinski definition) is 15. The van der Waals surface area contributed by atoms with Gasteiger partial charge in [-0.05, 0) is 6.92 Å². The lowest BCUT2D eigenvalue weighted by Gasteiger charge is -2.48. The van der Waals surface area contributed by atoms with Gasteiger partial charge in [0.05, 0.1) is 19.3 Å². The van der Waals surface area contributed by atoms with Gasteiger partial charge in [0.2, 0.25) is 0 Å². The molecule has 8 unspecified atom stereocenters. The van der Waals surface area contributed by atoms with E-state index in [1.165, 1.54) is 6.92 Å². The molecule has 10 N–H and O–H groups in total. The standard InChI is InChI=1S/C18H32O15/c1-4-7(21)9(23)13(27)17(29-4)33-15-10(24)8(22)5(2-19)31-18(15)32-14-6(3-20)30-16(28)12(26)11(14)25/h4-28H,2-3H2,1H3/t4?,5-,6?,7-,8-,9?,10?,11+,12?,13?,14+,15?,16?,17+,18-/m0/s1. The molecule has 3 fully saturated rings. The fourth-order valence-corrected chi connectivity index (χ4v) is 3.98. The molecule has 15 atom stereocenters. The van der Waals surface area contributed by atoms with Crippen molar-refractivity contribution in [1.82, 2.24) is 0 Å². The van der Waals surface area contributed by atoms with Crippen LogP contribution in [0.4, 0.5) is 0 Å². The molecule has 0 radical (unpaired) electrons. The van der Waals surface area contributed by atoms with Gasteiger partial charge in [0.1, 0.15) is 67.1 Å². The van der Waals surface area contributed by atoms with Crippen molar-refractivity contribution in [3.63, 3.8) is 0 Å². The maximum Gasteiger partial charge on any atom is 0.187 e. The third-order valence-corrected chi connectivity index (χ3v) is 6.05. The van der Waals surface area contributed by atoms with Gasteiger partial charge in [-0.25, -0.2) is 0 Å². The fourth-order valence-electron chi connectivity index (χ4n) is 3.98. The third kappa shape index (κ3) is 5.32. The van der Waals surface area contributed by atoms with Crippen molar-refractivity contribution < 1.29 is 74.7 Å². The summed E-state index contributed by atoms with van der Waals surface area (Å²) in [5, 5.41) is 99.8. The van der Waals surface area contributed by atoms with Crippen LogP contribution in [0.1, 0.15) is 6.92 Å². The minimum atomic E-state index is -1.83. The summed E-state index contributed by atoms with van der Waals surface area (Å²) in [7, 11) is 0. The molecule has 0 aliphatic carbocycles. The first-order valence-corrected chi connectivity index (χ1v) is 10.4. The van der Waals surface area contributed by atoms with E-state index in [0.717, 1.165) is 0 Å². The van der Waals surface area contributed by atoms with Crippen LogP contribution in [0.25, 0.3) is 0 Å². The highest BCUT2D eigenvalue weighted by Crippen LogP contribution is 2.32. The van der Waals surface area contributed by atoms with Crippen molar-refractivity contribution in [3.05, 3.63) is 0 Å². The molecule has 0 bridgehead atoms. The number of ether oxygens (including phenoxy) is 5. The van der Waals surface area contributed by atoms with Gasteiger partial charge in [0.15, 0.2) is 18.9 Å². The Kier molecular flexibility index (Phi) is 8.99. The predicted octanol–water partition coefficient (Wildman–Crippen LogP) is -6.55. The van der Waals surface area contributed by atoms with E-state index in [1.54, 1.807) is 0 Å². The van der Waals surface area contributed by atoms with Crippen LogP contribution in [0.15, 0.2) is 0 Å². The minimum Gasteiger partial charge on any atom is -0.394 e. The van der Waals surface area contributed by atoms with Gasteiger partial charge in [0.25, 0.3) is 0 Å². The van der Waals surface area contributed by atoms with Crippen molar-refractivity contribution in [2.45, 2.75) is 99.0 Å². The van der Waals surface area contributed by atoms with Crippen LogP contribution in [-0.2, 0) is 23.7 Å². The number of rotatable bonds is 6. The molecule has 0 saturated carbocycles. The molecule has 0 aromatic rings. The first kappa shape index (κ1) is 27.0. The van der Waals surface area contributed by atoms with Crippen LogP contribution in [0.2, 0.25) is 0 Å². The van der Waals surface area contributed by atoms with Gasteiger partial charge < -0.3 is 74.7 Å². The van der Waals surface area contributed by atoms with Crippen LogP contribution < -0.4 is 0 Å². The van der Waals surface area contributed by atoms with Crippen molar-refractivity contribution in [2.75, 3.05) is 13.2 Å². The lowest BCUT2D eigenvalue weighted by molar-refractivity contribution is -0.385. The van der Waals surface area contributed by atoms with E-state index >= 15 is 0 Å². The van der Waals surface area contributed by atoms with Crippen LogP contribution >= 0.6 is 0 Å². The lowest BCUT2D eigenvalue weighted by atomic mass is 9.96. The van der Waals surface area contributed by atoms with Gasteiger partial charge in [-0.1, -0.05) is 0 Å². The largest absolute Gasteiger partial charge is 0.394 e. The molecule has 3 aliphatic heterocycles. The Hall–Kier alpha value is -0.600. The van der Waals surface area contributed by atoms with Gasteiger partial charge in [-0.2, -0.15) is 0 Å². The summed E-state index contributed by atoms with van der Waals surface area (Å²) in [6, 6.07) is 0. The monoisotopic (exact) mass is 488 g/mol. The van der Waals surface area contributed by atoms with E-state index in [-0.39, 0.29) is 0 Å². The van der Waals surface area contributed by atoms with Gasteiger partial charge in [-0.15, -0.1) is 0 Å². The third-order valence-electron chi connectivity index (χ3n) is 6.05. The molecule has 15 nitrogen and oxygen atoms in total. The van der Waals surface area contributed by atoms with E-state index in [1.807, 2.05) is 0 Å². The first-order chi connectivity index (χ1) is 15.5. The second kappa shape index (κ2) is 11.0. The highest BCUT2D eigenvalue weighted by Gasteiger charge is 2.53. The summed E-state index contributed by atoms with van der Waals surface area (Å²) in [5.74, 6) is 0. The molecule has 33 heavy (non-hydrogen) atoms. The lowest BCUT2D eigenvalue weighted by Crippen LogP contribution is -2.66. The van der Waals surface area contributed by atoms with Crippen molar-refractivity contribution in [2.24, 2.45) is 0 Å². The minimum absolute atomic E-state index is 0.760. The average molecular weight is 488 g/mol. The number of aliphatic hydroxyl groups excluding tert-OH is 10. The molecule has 194 valence electrons. The molecule has 3 rings (SSSR count). The molecule has 0 aromatic heterocycles. The Bertz CT molecular complexity index is 624. The smallest absolute Gasteiger partial charge is 0.187 e. The number of hydrogen-bond donors (Lipinski definition) is 10. The quantitative estimate of drug-likeness (QED) is 0.167. The van der Waals surface area contributed by atoms with Gasteiger partial charge in [-0.3, -0.25) is 0 Å². The summed E-state index contributed by atoms with van der Waals surface area (Å²) in [6.07, 6.45) is -24.1. The second-order valence-corrected chi connectivity index (χ2v) is 8.32. The van der Waals surface area contributed by atoms with Crippen molar-refractivity contribution in [1.29, 1.82) is 0 Å². The van der Waals surface area contributed by atoms with Crippen LogP contribution in [0, 0.1) is 0 Å². The SMILES string of the molecule is CC1O[C@H](OC2C(O)[C@@H](O)[C@H](CO)O[C@H]2O[C@@H]2C(CO)OC(O)C(O)[C@H]2O)C(O)C(O)[C@H]1O. The maximum atomic E-state index is 10.6. The van der Waals surface area contributed by atoms with Crippen molar-refractivity contribution in [3.8, 4) is 0 Å². The summed E-state index contributed by atoms with van der Waals surface area (Å²) >= 11 is 0. The van der Waals surface area contributed by atoms with E-state index in [0.29, 0.717) is 0 Å². The normalized spacial score (nSPS) is 53.7. The topological polar surface area (TPSA) is 248 Å². The number of aliphatic hydroxyl groups is 10. The van der Waals surface area contributed by atoms with Crippen LogP contribution in [-0.4, -0.2) is 156 Å². The Morgan fingerprint density at radius 1 is 0.545 bits per heavy atom. The Morgan fingerprint density at radius 2 is 1.12 bits per heavy atom. The molecule has 15 heteroatoms. The Labute approximate surface area is 187 Å². The fraction of sp³-hybridized carbons (Fsp3) is 1.00. The van der Waals surface area contributed by atoms with Gasteiger partial charge >= 0.3 is 0 Å². The summed E-state index contributed by atoms with van der Waals surface area (Å²) in [5.41, 5.74) is 0. The zero-order valence-corrected chi connectivity index (χ0v) is 17.6. The molecule has 0 amide bonds. The summed E-state index contributed by atoms with van der Waals surface area (Å²) < 4.78 is 26.9. The highest BCUT2D eigenvalue weighted by atomic mass is 16.8. The molecule has 3 heterocycles. The summed E-state index contributed by atoms with van der Waals surface area (Å²) in [6.45, 7) is -0.128. The summed E-state index contributed by atoms with van der Waals surface area (Å²) in [4.78, 5) is 0. The Balaban J connectivity index is 1.83. The highest BCUT2D eigenvalue weighted by molar-refractivity contribution is 4.95. The van der Waals surface area contributed by atoms with E-state index < -0.39 is 105 Å². The van der Waals surface area contributed by atoms with E-state index in [9.17, 15) is 51.1 Å². The van der Waals surface area contributed by atoms with Crippen molar-refractivity contribution >= 4 is 0 Å².